The Morgan fingerprint density at radius 3 is 2.47 bits per heavy atom. The lowest BCUT2D eigenvalue weighted by atomic mass is 10.1. The topological polar surface area (TPSA) is 59.3 Å². The van der Waals surface area contributed by atoms with Crippen molar-refractivity contribution in [2.75, 3.05) is 14.2 Å². The highest BCUT2D eigenvalue weighted by molar-refractivity contribution is 5.94. The molecule has 0 aromatic heterocycles. The van der Waals surface area contributed by atoms with E-state index in [1.54, 1.807) is 37.5 Å². The summed E-state index contributed by atoms with van der Waals surface area (Å²) in [5.74, 6) is 0.254. The normalized spacial score (nSPS) is 10.5. The van der Waals surface area contributed by atoms with Gasteiger partial charge in [-0.25, -0.2) is 4.79 Å². The number of hydrogen-bond acceptors (Lipinski definition) is 4. The van der Waals surface area contributed by atoms with Crippen LogP contribution in [0.2, 0.25) is 0 Å². The van der Waals surface area contributed by atoms with Crippen molar-refractivity contribution in [3.8, 4) is 11.8 Å². The number of rotatable bonds is 4. The van der Waals surface area contributed by atoms with Gasteiger partial charge in [0.25, 0.3) is 0 Å². The molecule has 0 aliphatic heterocycles. The van der Waals surface area contributed by atoms with Gasteiger partial charge in [0.15, 0.2) is 0 Å². The largest absolute Gasteiger partial charge is 0.497 e. The number of benzene rings is 1. The molecule has 0 radical (unpaired) electrons. The Balaban J connectivity index is 2.96. The highest BCUT2D eigenvalue weighted by Crippen LogP contribution is 2.15. The molecule has 1 aromatic carbocycles. The molecule has 0 amide bonds. The summed E-state index contributed by atoms with van der Waals surface area (Å²) in [4.78, 5) is 11.4. The molecule has 4 heteroatoms. The van der Waals surface area contributed by atoms with Crippen LogP contribution in [-0.2, 0) is 9.53 Å². The predicted molar refractivity (Wildman–Crippen MR) is 63.2 cm³/mol. The van der Waals surface area contributed by atoms with Gasteiger partial charge in [0.2, 0.25) is 0 Å². The van der Waals surface area contributed by atoms with Gasteiger partial charge in [-0.1, -0.05) is 12.1 Å². The molecular weight excluding hydrogens is 218 g/mol. The van der Waals surface area contributed by atoms with E-state index in [0.29, 0.717) is 5.57 Å². The number of methoxy groups -OCH3 is 2. The molecule has 0 unspecified atom stereocenters. The molecule has 4 nitrogen and oxygen atoms in total. The number of ether oxygens (including phenoxy) is 2. The van der Waals surface area contributed by atoms with Crippen LogP contribution >= 0.6 is 0 Å². The van der Waals surface area contributed by atoms with Crippen molar-refractivity contribution in [1.82, 2.24) is 0 Å². The molecular formula is C13H13NO3. The van der Waals surface area contributed by atoms with Gasteiger partial charge in [0, 0.05) is 0 Å². The lowest BCUT2D eigenvalue weighted by molar-refractivity contribution is -0.136. The van der Waals surface area contributed by atoms with E-state index < -0.39 is 5.97 Å². The van der Waals surface area contributed by atoms with E-state index in [1.807, 2.05) is 6.07 Å². The molecule has 17 heavy (non-hydrogen) atoms. The molecule has 0 N–H and O–H groups in total. The monoisotopic (exact) mass is 231 g/mol. The van der Waals surface area contributed by atoms with E-state index in [2.05, 4.69) is 4.74 Å². The van der Waals surface area contributed by atoms with Gasteiger partial charge in [-0.15, -0.1) is 0 Å². The van der Waals surface area contributed by atoms with Crippen LogP contribution < -0.4 is 4.74 Å². The van der Waals surface area contributed by atoms with Gasteiger partial charge in [0.1, 0.15) is 5.75 Å². The van der Waals surface area contributed by atoms with Crippen molar-refractivity contribution < 1.29 is 14.3 Å². The fourth-order valence-corrected chi connectivity index (χ4v) is 1.30. The van der Waals surface area contributed by atoms with E-state index in [0.717, 1.165) is 11.3 Å². The van der Waals surface area contributed by atoms with Crippen LogP contribution in [0.4, 0.5) is 0 Å². The van der Waals surface area contributed by atoms with E-state index in [4.69, 9.17) is 10.00 Å². The van der Waals surface area contributed by atoms with Crippen molar-refractivity contribution in [1.29, 1.82) is 5.26 Å². The van der Waals surface area contributed by atoms with Crippen molar-refractivity contribution in [3.63, 3.8) is 0 Å². The second kappa shape index (κ2) is 6.33. The molecule has 0 saturated heterocycles. The van der Waals surface area contributed by atoms with Gasteiger partial charge in [-0.05, 0) is 23.8 Å². The quantitative estimate of drug-likeness (QED) is 0.588. The maximum absolute atomic E-state index is 11.4. The number of carbonyl (C=O) groups excluding carboxylic acids is 1. The zero-order valence-electron chi connectivity index (χ0n) is 9.77. The summed E-state index contributed by atoms with van der Waals surface area (Å²) in [6.07, 6.45) is 1.66. The lowest BCUT2D eigenvalue weighted by Gasteiger charge is -2.02. The fraction of sp³-hybridized carbons (Fsp3) is 0.231. The second-order valence-electron chi connectivity index (χ2n) is 3.27. The standard InChI is InChI=1S/C13H13NO3/c1-16-12-5-3-10(4-6-12)9-11(7-8-14)13(15)17-2/h3-6,9H,7H2,1-2H3/b11-9+. The molecule has 0 spiro atoms. The van der Waals surface area contributed by atoms with Gasteiger partial charge in [-0.2, -0.15) is 5.26 Å². The summed E-state index contributed by atoms with van der Waals surface area (Å²) < 4.78 is 9.62. The molecule has 0 heterocycles. The van der Waals surface area contributed by atoms with E-state index >= 15 is 0 Å². The Labute approximate surface area is 100 Å². The van der Waals surface area contributed by atoms with Crippen LogP contribution in [0.1, 0.15) is 12.0 Å². The predicted octanol–water partition coefficient (Wildman–Crippen LogP) is 2.17. The van der Waals surface area contributed by atoms with E-state index in [-0.39, 0.29) is 6.42 Å². The minimum Gasteiger partial charge on any atom is -0.497 e. The molecule has 88 valence electrons. The summed E-state index contributed by atoms with van der Waals surface area (Å²) >= 11 is 0. The molecule has 0 saturated carbocycles. The summed E-state index contributed by atoms with van der Waals surface area (Å²) in [7, 11) is 2.88. The average Bonchev–Trinajstić information content (AvgIpc) is 2.38. The first-order valence-electron chi connectivity index (χ1n) is 5.01. The van der Waals surface area contributed by atoms with Crippen LogP contribution in [0.25, 0.3) is 6.08 Å². The minimum atomic E-state index is -0.484. The zero-order valence-corrected chi connectivity index (χ0v) is 9.77. The first kappa shape index (κ1) is 12.8. The third kappa shape index (κ3) is 3.65. The Hall–Kier alpha value is -2.28. The highest BCUT2D eigenvalue weighted by Gasteiger charge is 2.08. The van der Waals surface area contributed by atoms with Crippen molar-refractivity contribution >= 4 is 12.0 Å². The average molecular weight is 231 g/mol. The first-order valence-corrected chi connectivity index (χ1v) is 5.01. The Morgan fingerprint density at radius 1 is 1.35 bits per heavy atom. The Bertz CT molecular complexity index is 455. The van der Waals surface area contributed by atoms with Crippen LogP contribution in [-0.4, -0.2) is 20.2 Å². The number of esters is 1. The van der Waals surface area contributed by atoms with Gasteiger partial charge in [-0.3, -0.25) is 0 Å². The lowest BCUT2D eigenvalue weighted by Crippen LogP contribution is -2.03. The van der Waals surface area contributed by atoms with Crippen molar-refractivity contribution in [3.05, 3.63) is 35.4 Å². The molecule has 0 atom stereocenters. The Morgan fingerprint density at radius 2 is 2.00 bits per heavy atom. The van der Waals surface area contributed by atoms with Crippen molar-refractivity contribution in [2.45, 2.75) is 6.42 Å². The van der Waals surface area contributed by atoms with Crippen LogP contribution in [0.15, 0.2) is 29.8 Å². The van der Waals surface area contributed by atoms with E-state index in [9.17, 15) is 4.79 Å². The summed E-state index contributed by atoms with van der Waals surface area (Å²) in [5.41, 5.74) is 1.15. The molecule has 1 rings (SSSR count). The number of hydrogen-bond donors (Lipinski definition) is 0. The molecule has 0 aliphatic rings. The number of carbonyl (C=O) groups is 1. The molecule has 0 aliphatic carbocycles. The van der Waals surface area contributed by atoms with Crippen LogP contribution in [0.3, 0.4) is 0 Å². The zero-order chi connectivity index (χ0) is 12.7. The third-order valence-corrected chi connectivity index (χ3v) is 2.17. The fourth-order valence-electron chi connectivity index (χ4n) is 1.30. The minimum absolute atomic E-state index is 0.0265. The van der Waals surface area contributed by atoms with Crippen LogP contribution in [0.5, 0.6) is 5.75 Å². The van der Waals surface area contributed by atoms with E-state index in [1.165, 1.54) is 7.11 Å². The summed E-state index contributed by atoms with van der Waals surface area (Å²) in [6.45, 7) is 0. The molecule has 0 fully saturated rings. The van der Waals surface area contributed by atoms with Crippen molar-refractivity contribution in [2.24, 2.45) is 0 Å². The number of nitrogens with zero attached hydrogens (tertiary/aromatic N) is 1. The highest BCUT2D eigenvalue weighted by atomic mass is 16.5. The van der Waals surface area contributed by atoms with Crippen LogP contribution in [0, 0.1) is 11.3 Å². The van der Waals surface area contributed by atoms with Gasteiger partial charge < -0.3 is 9.47 Å². The summed E-state index contributed by atoms with van der Waals surface area (Å²) in [5, 5.41) is 8.62. The SMILES string of the molecule is COC(=O)/C(=C/c1ccc(OC)cc1)CC#N. The smallest absolute Gasteiger partial charge is 0.334 e. The number of nitriles is 1. The summed E-state index contributed by atoms with van der Waals surface area (Å²) in [6, 6.07) is 9.11. The second-order valence-corrected chi connectivity index (χ2v) is 3.27. The molecule has 1 aromatic rings. The van der Waals surface area contributed by atoms with Gasteiger partial charge >= 0.3 is 5.97 Å². The Kier molecular flexibility index (Phi) is 4.77. The maximum Gasteiger partial charge on any atom is 0.334 e. The first-order chi connectivity index (χ1) is 8.21. The maximum atomic E-state index is 11.4. The van der Waals surface area contributed by atoms with Gasteiger partial charge in [0.05, 0.1) is 32.3 Å². The third-order valence-electron chi connectivity index (χ3n) is 2.17. The molecule has 0 bridgehead atoms.